The van der Waals surface area contributed by atoms with E-state index < -0.39 is 49.2 Å². The van der Waals surface area contributed by atoms with E-state index in [2.05, 4.69) is 4.74 Å². The van der Waals surface area contributed by atoms with Crippen molar-refractivity contribution in [2.75, 3.05) is 20.3 Å². The first kappa shape index (κ1) is 30.0. The Bertz CT molecular complexity index is 804. The summed E-state index contributed by atoms with van der Waals surface area (Å²) in [6.45, 7) is 1.11. The molecule has 11 heteroatoms. The third kappa shape index (κ3) is 8.61. The summed E-state index contributed by atoms with van der Waals surface area (Å²) in [7, 11) is 1.37. The molecule has 0 bridgehead atoms. The second-order valence-electron chi connectivity index (χ2n) is 7.50. The van der Waals surface area contributed by atoms with Crippen molar-refractivity contribution < 1.29 is 66.3 Å². The minimum atomic E-state index is -1.51. The number of aliphatic hydroxyl groups is 4. The van der Waals surface area contributed by atoms with Gasteiger partial charge in [0.25, 0.3) is 0 Å². The molecule has 1 aromatic carbocycles. The van der Waals surface area contributed by atoms with Crippen molar-refractivity contribution in [2.45, 2.75) is 44.2 Å². The minimum Gasteiger partial charge on any atom is -0.616 e. The quantitative estimate of drug-likeness (QED) is 0.148. The minimum absolute atomic E-state index is 0. The Labute approximate surface area is 208 Å². The Morgan fingerprint density at radius 3 is 2.44 bits per heavy atom. The SMILES string of the molecule is COC([O-])=C1C=CC=C1.C[C@H](CO[C@H]1O[C@H](CO)[C@@H](O)[C@H](O)[C@@H]1O)C(=O)OCc1ccc[cH-]1.[Fe+2]. The monoisotopic (exact) mass is 522 g/mol. The summed E-state index contributed by atoms with van der Waals surface area (Å²) in [6, 6.07) is 7.36. The summed E-state index contributed by atoms with van der Waals surface area (Å²) >= 11 is 0. The summed E-state index contributed by atoms with van der Waals surface area (Å²) in [5, 5.41) is 48.9. The molecule has 190 valence electrons. The van der Waals surface area contributed by atoms with Crippen LogP contribution in [0.3, 0.4) is 0 Å². The second-order valence-corrected chi connectivity index (χ2v) is 7.50. The number of carbonyl (C=O) groups is 1. The summed E-state index contributed by atoms with van der Waals surface area (Å²) in [5.74, 6) is -1.37. The van der Waals surface area contributed by atoms with E-state index in [1.165, 1.54) is 7.11 Å². The normalized spacial score (nSPS) is 26.2. The molecule has 6 atom stereocenters. The molecular weight excluding hydrogens is 492 g/mol. The van der Waals surface area contributed by atoms with Gasteiger partial charge in [-0.3, -0.25) is 4.79 Å². The average molecular weight is 522 g/mol. The fraction of sp³-hybridized carbons (Fsp3) is 0.478. The van der Waals surface area contributed by atoms with Gasteiger partial charge in [-0.05, 0) is 19.6 Å². The third-order valence-electron chi connectivity index (χ3n) is 4.96. The Hall–Kier alpha value is -2.08. The second kappa shape index (κ2) is 15.0. The first-order chi connectivity index (χ1) is 15.8. The van der Waals surface area contributed by atoms with E-state index in [1.54, 1.807) is 31.2 Å². The molecule has 1 heterocycles. The van der Waals surface area contributed by atoms with Crippen LogP contribution in [0.4, 0.5) is 0 Å². The zero-order valence-corrected chi connectivity index (χ0v) is 19.9. The molecule has 1 aromatic rings. The fourth-order valence-corrected chi connectivity index (χ4v) is 2.95. The Kier molecular flexibility index (Phi) is 13.2. The van der Waals surface area contributed by atoms with Gasteiger partial charge in [0, 0.05) is 0 Å². The molecular formula is C23H30FeO10. The Morgan fingerprint density at radius 2 is 1.88 bits per heavy atom. The van der Waals surface area contributed by atoms with E-state index in [4.69, 9.17) is 19.3 Å². The molecule has 1 aliphatic heterocycles. The van der Waals surface area contributed by atoms with Gasteiger partial charge in [-0.2, -0.15) is 12.1 Å². The number of hydrogen-bond acceptors (Lipinski definition) is 10. The van der Waals surface area contributed by atoms with E-state index in [-0.39, 0.29) is 36.2 Å². The number of rotatable bonds is 8. The van der Waals surface area contributed by atoms with Crippen LogP contribution in [0.25, 0.3) is 0 Å². The van der Waals surface area contributed by atoms with Gasteiger partial charge < -0.3 is 44.5 Å². The third-order valence-corrected chi connectivity index (χ3v) is 4.96. The van der Waals surface area contributed by atoms with E-state index in [9.17, 15) is 25.2 Å². The molecule has 1 saturated heterocycles. The van der Waals surface area contributed by atoms with Crippen molar-refractivity contribution in [3.8, 4) is 0 Å². The van der Waals surface area contributed by atoms with Gasteiger partial charge in [0.05, 0.1) is 31.7 Å². The van der Waals surface area contributed by atoms with Gasteiger partial charge in [-0.15, -0.1) is 5.56 Å². The first-order valence-electron chi connectivity index (χ1n) is 10.4. The van der Waals surface area contributed by atoms with Crippen LogP contribution < -0.4 is 5.11 Å². The number of carbonyl (C=O) groups excluding carboxylic acids is 1. The summed E-state index contributed by atoms with van der Waals surface area (Å²) < 4.78 is 20.1. The van der Waals surface area contributed by atoms with Crippen LogP contribution in [0.5, 0.6) is 0 Å². The van der Waals surface area contributed by atoms with Gasteiger partial charge in [0.1, 0.15) is 24.4 Å². The topological polar surface area (TPSA) is 158 Å². The fourth-order valence-electron chi connectivity index (χ4n) is 2.95. The predicted octanol–water partition coefficient (Wildman–Crippen LogP) is -0.770. The summed E-state index contributed by atoms with van der Waals surface area (Å²) in [4.78, 5) is 11.9. The molecule has 0 unspecified atom stereocenters. The average Bonchev–Trinajstić information content (AvgIpc) is 3.55. The zero-order chi connectivity index (χ0) is 24.4. The van der Waals surface area contributed by atoms with E-state index in [0.29, 0.717) is 5.57 Å². The van der Waals surface area contributed by atoms with Crippen molar-refractivity contribution in [1.29, 1.82) is 0 Å². The van der Waals surface area contributed by atoms with Gasteiger partial charge in [0.15, 0.2) is 6.29 Å². The maximum atomic E-state index is 11.9. The van der Waals surface area contributed by atoms with Crippen LogP contribution in [0.15, 0.2) is 60.1 Å². The van der Waals surface area contributed by atoms with Crippen LogP contribution >= 0.6 is 0 Å². The smallest absolute Gasteiger partial charge is 0.616 e. The molecule has 10 nitrogen and oxygen atoms in total. The molecule has 0 amide bonds. The number of esters is 1. The van der Waals surface area contributed by atoms with Crippen molar-refractivity contribution in [3.63, 3.8) is 0 Å². The van der Waals surface area contributed by atoms with Gasteiger partial charge in [-0.25, -0.2) is 12.1 Å². The first-order valence-corrected chi connectivity index (χ1v) is 10.4. The molecule has 1 aliphatic carbocycles. The van der Waals surface area contributed by atoms with Gasteiger partial charge in [-0.1, -0.05) is 24.3 Å². The Balaban J connectivity index is 0.000000486. The molecule has 4 N–H and O–H groups in total. The molecule has 3 rings (SSSR count). The zero-order valence-electron chi connectivity index (χ0n) is 18.8. The van der Waals surface area contributed by atoms with Crippen LogP contribution in [0.2, 0.25) is 0 Å². The summed E-state index contributed by atoms with van der Waals surface area (Å²) in [5.41, 5.74) is 1.49. The molecule has 0 radical (unpaired) electrons. The molecule has 1 fully saturated rings. The maximum absolute atomic E-state index is 11.9. The largest absolute Gasteiger partial charge is 2.00 e. The molecule has 0 spiro atoms. The molecule has 34 heavy (non-hydrogen) atoms. The number of allylic oxidation sites excluding steroid dienone is 5. The predicted molar refractivity (Wildman–Crippen MR) is 113 cm³/mol. The number of hydrogen-bond donors (Lipinski definition) is 4. The number of aliphatic hydroxyl groups excluding tert-OH is 4. The van der Waals surface area contributed by atoms with E-state index in [0.717, 1.165) is 5.56 Å². The molecule has 2 aliphatic rings. The van der Waals surface area contributed by atoms with Crippen LogP contribution in [0, 0.1) is 5.92 Å². The summed E-state index contributed by atoms with van der Waals surface area (Å²) in [6.07, 6.45) is 0.266. The number of methoxy groups -OCH3 is 1. The van der Waals surface area contributed by atoms with Gasteiger partial charge >= 0.3 is 23.0 Å². The van der Waals surface area contributed by atoms with Crippen molar-refractivity contribution in [2.24, 2.45) is 5.92 Å². The van der Waals surface area contributed by atoms with E-state index >= 15 is 0 Å². The van der Waals surface area contributed by atoms with Crippen molar-refractivity contribution in [1.82, 2.24) is 0 Å². The van der Waals surface area contributed by atoms with Crippen LogP contribution in [-0.4, -0.2) is 77.4 Å². The maximum Gasteiger partial charge on any atom is 2.00 e. The van der Waals surface area contributed by atoms with Gasteiger partial charge in [0.2, 0.25) is 0 Å². The van der Waals surface area contributed by atoms with E-state index in [1.807, 2.05) is 24.3 Å². The van der Waals surface area contributed by atoms with Crippen LogP contribution in [0.1, 0.15) is 12.5 Å². The van der Waals surface area contributed by atoms with Crippen molar-refractivity contribution >= 4 is 5.97 Å². The van der Waals surface area contributed by atoms with Crippen molar-refractivity contribution in [3.05, 3.63) is 65.7 Å². The Morgan fingerprint density at radius 1 is 1.21 bits per heavy atom. The molecule has 0 aromatic heterocycles. The number of ether oxygens (including phenoxy) is 4. The van der Waals surface area contributed by atoms with Crippen LogP contribution in [-0.2, 0) is 47.4 Å². The standard InChI is InChI=1S/C16H23O8.C7H8O2.Fe/c1-9(15(21)22-8-10-4-2-3-5-10)7-23-16-14(20)13(19)12(18)11(6-17)24-16;1-9-7(8)6-4-2-3-5-6;/h2-5,9,11-14,16-20H,6-8H2,1H3;2-5,8H,1H3;/q-1;;+2/p-1/t9-,11-,12-,13+,14+,16+;;/m1../s1. The molecule has 0 saturated carbocycles.